The van der Waals surface area contributed by atoms with E-state index >= 15 is 0 Å². The molecule has 0 saturated carbocycles. The Morgan fingerprint density at radius 3 is 2.61 bits per heavy atom. The molecule has 1 aliphatic heterocycles. The van der Waals surface area contributed by atoms with Crippen LogP contribution in [-0.4, -0.2) is 48.1 Å². The van der Waals surface area contributed by atoms with E-state index in [0.29, 0.717) is 42.0 Å². The molecule has 2 atom stereocenters. The predicted octanol–water partition coefficient (Wildman–Crippen LogP) is 5.57. The number of benzene rings is 3. The van der Waals surface area contributed by atoms with E-state index in [9.17, 15) is 15.0 Å². The second kappa shape index (κ2) is 12.2. The number of rotatable bonds is 9. The fourth-order valence-electron chi connectivity index (χ4n) is 5.03. The van der Waals surface area contributed by atoms with Gasteiger partial charge in [0.25, 0.3) is 0 Å². The number of halogens is 1. The van der Waals surface area contributed by atoms with Crippen molar-refractivity contribution in [3.63, 3.8) is 0 Å². The molecular formula is C30H32ClNO6. The van der Waals surface area contributed by atoms with Crippen molar-refractivity contribution >= 4 is 17.6 Å². The molecule has 7 nitrogen and oxygen atoms in total. The third-order valence-electron chi connectivity index (χ3n) is 7.07. The van der Waals surface area contributed by atoms with Gasteiger partial charge in [-0.15, -0.1) is 0 Å². The van der Waals surface area contributed by atoms with Gasteiger partial charge >= 0.3 is 5.97 Å². The molecule has 1 saturated heterocycles. The Kier molecular flexibility index (Phi) is 8.49. The zero-order chi connectivity index (χ0) is 26.5. The molecule has 0 amide bonds. The zero-order valence-corrected chi connectivity index (χ0v) is 21.8. The van der Waals surface area contributed by atoms with Gasteiger partial charge in [-0.25, -0.2) is 4.79 Å². The number of ether oxygens (including phenoxy) is 3. The SMILES string of the molecule is O=C(O)c1cc(Oc2ccc3c(c2)C[C@@H](NC[C@@H](O)c2cccc(Cl)c2)CC3)cc(OC2CCOCC2)c1. The minimum Gasteiger partial charge on any atom is -0.490 e. The van der Waals surface area contributed by atoms with Gasteiger partial charge in [-0.3, -0.25) is 0 Å². The van der Waals surface area contributed by atoms with Gasteiger partial charge in [0.2, 0.25) is 0 Å². The number of aromatic carboxylic acids is 1. The van der Waals surface area contributed by atoms with Gasteiger partial charge < -0.3 is 29.7 Å². The van der Waals surface area contributed by atoms with Gasteiger partial charge in [0.1, 0.15) is 23.4 Å². The van der Waals surface area contributed by atoms with Gasteiger partial charge in [0.15, 0.2) is 0 Å². The molecule has 3 aromatic rings. The summed E-state index contributed by atoms with van der Waals surface area (Å²) in [5.74, 6) is 0.504. The maximum atomic E-state index is 11.7. The molecule has 200 valence electrons. The summed E-state index contributed by atoms with van der Waals surface area (Å²) < 4.78 is 17.6. The highest BCUT2D eigenvalue weighted by Gasteiger charge is 2.21. The van der Waals surface area contributed by atoms with Crippen molar-refractivity contribution in [1.29, 1.82) is 0 Å². The molecule has 5 rings (SSSR count). The van der Waals surface area contributed by atoms with E-state index in [1.165, 1.54) is 23.3 Å². The summed E-state index contributed by atoms with van der Waals surface area (Å²) in [6, 6.07) is 18.3. The minimum atomic E-state index is -1.04. The number of hydrogen-bond donors (Lipinski definition) is 3. The Bertz CT molecular complexity index is 1280. The smallest absolute Gasteiger partial charge is 0.335 e. The van der Waals surface area contributed by atoms with Crippen LogP contribution in [-0.2, 0) is 17.6 Å². The fourth-order valence-corrected chi connectivity index (χ4v) is 5.22. The van der Waals surface area contributed by atoms with Crippen LogP contribution in [0.2, 0.25) is 5.02 Å². The number of carbonyl (C=O) groups is 1. The molecule has 2 aliphatic rings. The maximum Gasteiger partial charge on any atom is 0.335 e. The average Bonchev–Trinajstić information content (AvgIpc) is 2.92. The zero-order valence-electron chi connectivity index (χ0n) is 21.1. The molecule has 0 aromatic heterocycles. The van der Waals surface area contributed by atoms with Crippen LogP contribution in [0, 0.1) is 0 Å². The lowest BCUT2D eigenvalue weighted by molar-refractivity contribution is 0.0254. The largest absolute Gasteiger partial charge is 0.490 e. The van der Waals surface area contributed by atoms with Crippen molar-refractivity contribution < 1.29 is 29.2 Å². The molecule has 1 aliphatic carbocycles. The average molecular weight is 538 g/mol. The van der Waals surface area contributed by atoms with E-state index in [-0.39, 0.29) is 17.7 Å². The first-order valence-electron chi connectivity index (χ1n) is 13.0. The number of hydrogen-bond acceptors (Lipinski definition) is 6. The van der Waals surface area contributed by atoms with E-state index in [4.69, 9.17) is 25.8 Å². The highest BCUT2D eigenvalue weighted by molar-refractivity contribution is 6.30. The Labute approximate surface area is 227 Å². The molecule has 0 bridgehead atoms. The van der Waals surface area contributed by atoms with Crippen LogP contribution in [0.3, 0.4) is 0 Å². The Hall–Kier alpha value is -3.10. The summed E-state index contributed by atoms with van der Waals surface area (Å²) in [7, 11) is 0. The third-order valence-corrected chi connectivity index (χ3v) is 7.31. The van der Waals surface area contributed by atoms with Gasteiger partial charge in [-0.2, -0.15) is 0 Å². The number of nitrogens with one attached hydrogen (secondary N) is 1. The van der Waals surface area contributed by atoms with E-state index in [2.05, 4.69) is 11.4 Å². The summed E-state index contributed by atoms with van der Waals surface area (Å²) in [4.78, 5) is 11.7. The number of fused-ring (bicyclic) bond motifs is 1. The fraction of sp³-hybridized carbons (Fsp3) is 0.367. The Morgan fingerprint density at radius 1 is 1.00 bits per heavy atom. The summed E-state index contributed by atoms with van der Waals surface area (Å²) in [6.07, 6.45) is 3.60. The first-order chi connectivity index (χ1) is 18.4. The van der Waals surface area contributed by atoms with E-state index in [0.717, 1.165) is 37.7 Å². The molecule has 38 heavy (non-hydrogen) atoms. The molecule has 1 fully saturated rings. The third kappa shape index (κ3) is 6.85. The first kappa shape index (κ1) is 26.5. The number of carboxylic acids is 1. The molecule has 1 heterocycles. The normalized spacial score (nSPS) is 18.4. The number of aliphatic hydroxyl groups excluding tert-OH is 1. The second-order valence-electron chi connectivity index (χ2n) is 9.88. The number of aryl methyl sites for hydroxylation is 1. The first-order valence-corrected chi connectivity index (χ1v) is 13.4. The lowest BCUT2D eigenvalue weighted by Crippen LogP contribution is -2.37. The van der Waals surface area contributed by atoms with Crippen LogP contribution in [0.4, 0.5) is 0 Å². The molecule has 3 N–H and O–H groups in total. The van der Waals surface area contributed by atoms with Gasteiger partial charge in [0, 0.05) is 36.5 Å². The minimum absolute atomic E-state index is 0.00813. The van der Waals surface area contributed by atoms with Crippen LogP contribution in [0.1, 0.15) is 52.4 Å². The molecular weight excluding hydrogens is 506 g/mol. The number of carboxylic acid groups (broad SMARTS) is 1. The van der Waals surface area contributed by atoms with E-state index in [1.807, 2.05) is 24.3 Å². The maximum absolute atomic E-state index is 11.7. The lowest BCUT2D eigenvalue weighted by Gasteiger charge is -2.27. The second-order valence-corrected chi connectivity index (χ2v) is 10.3. The van der Waals surface area contributed by atoms with Crippen molar-refractivity contribution in [2.45, 2.75) is 50.4 Å². The summed E-state index contributed by atoms with van der Waals surface area (Å²) in [5.41, 5.74) is 3.36. The molecule has 8 heteroatoms. The lowest BCUT2D eigenvalue weighted by atomic mass is 9.88. The van der Waals surface area contributed by atoms with Crippen LogP contribution in [0.25, 0.3) is 0 Å². The van der Waals surface area contributed by atoms with Crippen molar-refractivity contribution in [3.05, 3.63) is 87.9 Å². The Balaban J connectivity index is 1.25. The van der Waals surface area contributed by atoms with Crippen molar-refractivity contribution in [2.24, 2.45) is 0 Å². The molecule has 3 aromatic carbocycles. The molecule has 0 spiro atoms. The quantitative estimate of drug-likeness (QED) is 0.328. The van der Waals surface area contributed by atoms with Crippen LogP contribution in [0.15, 0.2) is 60.7 Å². The molecule has 0 unspecified atom stereocenters. The van der Waals surface area contributed by atoms with Gasteiger partial charge in [0.05, 0.1) is 24.9 Å². The van der Waals surface area contributed by atoms with Crippen molar-refractivity contribution in [1.82, 2.24) is 5.32 Å². The Morgan fingerprint density at radius 2 is 1.82 bits per heavy atom. The van der Waals surface area contributed by atoms with E-state index < -0.39 is 12.1 Å². The van der Waals surface area contributed by atoms with Crippen LogP contribution in [0.5, 0.6) is 17.2 Å². The van der Waals surface area contributed by atoms with Crippen molar-refractivity contribution in [3.8, 4) is 17.2 Å². The van der Waals surface area contributed by atoms with Crippen LogP contribution < -0.4 is 14.8 Å². The van der Waals surface area contributed by atoms with E-state index in [1.54, 1.807) is 18.2 Å². The summed E-state index contributed by atoms with van der Waals surface area (Å²) >= 11 is 6.06. The van der Waals surface area contributed by atoms with Crippen molar-refractivity contribution in [2.75, 3.05) is 19.8 Å². The summed E-state index contributed by atoms with van der Waals surface area (Å²) in [6.45, 7) is 1.71. The topological polar surface area (TPSA) is 97.3 Å². The van der Waals surface area contributed by atoms with Gasteiger partial charge in [-0.05, 0) is 72.4 Å². The van der Waals surface area contributed by atoms with Crippen LogP contribution >= 0.6 is 11.6 Å². The highest BCUT2D eigenvalue weighted by atomic mass is 35.5. The standard InChI is InChI=1S/C30H32ClNO6/c31-23-3-1-2-20(12-23)29(33)18-32-24-6-4-19-5-7-26(14-21(19)13-24)38-28-16-22(30(34)35)15-27(17-28)37-25-8-10-36-11-9-25/h1-3,5,7,12,14-17,24-25,29,32-33H,4,6,8-11,13,18H2,(H,34,35)/t24-,29+/m0/s1. The van der Waals surface area contributed by atoms with Gasteiger partial charge in [-0.1, -0.05) is 29.8 Å². The summed E-state index contributed by atoms with van der Waals surface area (Å²) in [5, 5.41) is 24.3. The molecule has 0 radical (unpaired) electrons. The monoisotopic (exact) mass is 537 g/mol. The predicted molar refractivity (Wildman–Crippen MR) is 145 cm³/mol. The highest BCUT2D eigenvalue weighted by Crippen LogP contribution is 2.32. The number of aliphatic hydroxyl groups is 1.